The third kappa shape index (κ3) is 4.04. The lowest BCUT2D eigenvalue weighted by Gasteiger charge is -2.30. The minimum Gasteiger partial charge on any atom is -0.493 e. The fourth-order valence-corrected chi connectivity index (χ4v) is 3.68. The summed E-state index contributed by atoms with van der Waals surface area (Å²) in [6.45, 7) is 4.99. The van der Waals surface area contributed by atoms with Gasteiger partial charge in [0, 0.05) is 42.8 Å². The number of amides is 1. The molecule has 0 radical (unpaired) electrons. The van der Waals surface area contributed by atoms with Crippen molar-refractivity contribution in [3.8, 4) is 23.1 Å². The zero-order valence-electron chi connectivity index (χ0n) is 17.0. The van der Waals surface area contributed by atoms with Crippen molar-refractivity contribution in [2.75, 3.05) is 13.1 Å². The number of β-amino-alcohol motifs (C(OH)–C–C–N with tert-alkyl or cyclic N) is 1. The van der Waals surface area contributed by atoms with Crippen LogP contribution in [0.15, 0.2) is 31.1 Å². The van der Waals surface area contributed by atoms with Crippen molar-refractivity contribution in [2.24, 2.45) is 0 Å². The van der Waals surface area contributed by atoms with Gasteiger partial charge in [-0.1, -0.05) is 13.8 Å². The molecule has 4 rings (SSSR count). The molecule has 0 spiro atoms. The summed E-state index contributed by atoms with van der Waals surface area (Å²) in [7, 11) is 0. The van der Waals surface area contributed by atoms with Crippen molar-refractivity contribution in [3.05, 3.63) is 36.7 Å². The van der Waals surface area contributed by atoms with Crippen LogP contribution in [0, 0.1) is 0 Å². The lowest BCUT2D eigenvalue weighted by molar-refractivity contribution is -0.135. The Balaban J connectivity index is 1.62. The largest absolute Gasteiger partial charge is 0.493 e. The van der Waals surface area contributed by atoms with E-state index in [9.17, 15) is 15.0 Å². The standard InChI is InChI=1S/C20H25N7O3/c1-13(2)17-18(23-20(24-19(17)30)26-7-5-21-12-26)14-8-22-27(9-14)11-16(29)25-6-3-4-15(28)10-25/h5,7-9,12-13,15,28H,3-4,6,10-11H2,1-2H3,(H,23,24,30). The third-order valence-electron chi connectivity index (χ3n) is 5.18. The molecular formula is C20H25N7O3. The number of aromatic nitrogens is 6. The Hall–Kier alpha value is -3.27. The van der Waals surface area contributed by atoms with Crippen LogP contribution < -0.4 is 0 Å². The van der Waals surface area contributed by atoms with Crippen molar-refractivity contribution in [2.45, 2.75) is 45.3 Å². The Morgan fingerprint density at radius 3 is 2.87 bits per heavy atom. The Morgan fingerprint density at radius 2 is 2.17 bits per heavy atom. The molecule has 1 amide bonds. The zero-order chi connectivity index (χ0) is 21.3. The highest BCUT2D eigenvalue weighted by molar-refractivity contribution is 5.76. The van der Waals surface area contributed by atoms with E-state index >= 15 is 0 Å². The van der Waals surface area contributed by atoms with Gasteiger partial charge < -0.3 is 15.1 Å². The van der Waals surface area contributed by atoms with Crippen LogP contribution in [0.4, 0.5) is 0 Å². The summed E-state index contributed by atoms with van der Waals surface area (Å²) in [4.78, 5) is 27.1. The van der Waals surface area contributed by atoms with E-state index in [1.165, 1.54) is 0 Å². The maximum Gasteiger partial charge on any atom is 0.244 e. The normalized spacial score (nSPS) is 16.9. The smallest absolute Gasteiger partial charge is 0.244 e. The van der Waals surface area contributed by atoms with Crippen LogP contribution >= 0.6 is 0 Å². The number of hydrogen-bond donors (Lipinski definition) is 2. The van der Waals surface area contributed by atoms with Gasteiger partial charge in [-0.3, -0.25) is 14.0 Å². The van der Waals surface area contributed by atoms with E-state index in [0.29, 0.717) is 35.9 Å². The van der Waals surface area contributed by atoms with Crippen molar-refractivity contribution in [1.82, 2.24) is 34.2 Å². The van der Waals surface area contributed by atoms with E-state index in [-0.39, 0.29) is 24.2 Å². The maximum absolute atomic E-state index is 12.6. The summed E-state index contributed by atoms with van der Waals surface area (Å²) >= 11 is 0. The average molecular weight is 411 g/mol. The van der Waals surface area contributed by atoms with Gasteiger partial charge >= 0.3 is 0 Å². The first kappa shape index (κ1) is 20.0. The molecule has 1 atom stereocenters. The van der Waals surface area contributed by atoms with Crippen molar-refractivity contribution >= 4 is 5.91 Å². The molecule has 1 aliphatic heterocycles. The van der Waals surface area contributed by atoms with Crippen LogP contribution in [0.5, 0.6) is 5.88 Å². The number of nitrogens with zero attached hydrogens (tertiary/aromatic N) is 7. The van der Waals surface area contributed by atoms with Crippen LogP contribution in [0.3, 0.4) is 0 Å². The molecule has 1 unspecified atom stereocenters. The monoisotopic (exact) mass is 411 g/mol. The fraction of sp³-hybridized carbons (Fsp3) is 0.450. The summed E-state index contributed by atoms with van der Waals surface area (Å²) in [5, 5.41) is 24.7. The Bertz CT molecular complexity index is 1030. The number of likely N-dealkylation sites (tertiary alicyclic amines) is 1. The summed E-state index contributed by atoms with van der Waals surface area (Å²) in [5.41, 5.74) is 1.86. The minimum absolute atomic E-state index is 0.0170. The lowest BCUT2D eigenvalue weighted by Crippen LogP contribution is -2.43. The molecule has 158 valence electrons. The van der Waals surface area contributed by atoms with E-state index in [2.05, 4.69) is 20.1 Å². The molecule has 30 heavy (non-hydrogen) atoms. The molecular weight excluding hydrogens is 386 g/mol. The van der Waals surface area contributed by atoms with Crippen LogP contribution in [-0.4, -0.2) is 69.5 Å². The van der Waals surface area contributed by atoms with Crippen LogP contribution in [0.2, 0.25) is 0 Å². The highest BCUT2D eigenvalue weighted by Gasteiger charge is 2.23. The Kier molecular flexibility index (Phi) is 5.49. The van der Waals surface area contributed by atoms with E-state index in [0.717, 1.165) is 12.8 Å². The van der Waals surface area contributed by atoms with Gasteiger partial charge in [-0.25, -0.2) is 9.97 Å². The van der Waals surface area contributed by atoms with Crippen LogP contribution in [-0.2, 0) is 11.3 Å². The molecule has 2 N–H and O–H groups in total. The summed E-state index contributed by atoms with van der Waals surface area (Å²) < 4.78 is 3.17. The second kappa shape index (κ2) is 8.23. The third-order valence-corrected chi connectivity index (χ3v) is 5.18. The number of piperidine rings is 1. The van der Waals surface area contributed by atoms with Gasteiger partial charge in [0.1, 0.15) is 12.9 Å². The summed E-state index contributed by atoms with van der Waals surface area (Å²) in [5.74, 6) is 0.106. The molecule has 0 bridgehead atoms. The van der Waals surface area contributed by atoms with Gasteiger partial charge in [0.25, 0.3) is 0 Å². The molecule has 10 nitrogen and oxygen atoms in total. The lowest BCUT2D eigenvalue weighted by atomic mass is 9.99. The Morgan fingerprint density at radius 1 is 1.33 bits per heavy atom. The van der Waals surface area contributed by atoms with Crippen molar-refractivity contribution < 1.29 is 15.0 Å². The molecule has 10 heteroatoms. The molecule has 0 aromatic carbocycles. The number of imidazole rings is 1. The predicted octanol–water partition coefficient (Wildman–Crippen LogP) is 1.34. The van der Waals surface area contributed by atoms with Gasteiger partial charge in [-0.05, 0) is 18.8 Å². The van der Waals surface area contributed by atoms with Crippen LogP contribution in [0.1, 0.15) is 38.2 Å². The van der Waals surface area contributed by atoms with E-state index < -0.39 is 6.10 Å². The zero-order valence-corrected chi connectivity index (χ0v) is 17.0. The maximum atomic E-state index is 12.6. The van der Waals surface area contributed by atoms with Crippen molar-refractivity contribution in [1.29, 1.82) is 0 Å². The number of rotatable bonds is 5. The SMILES string of the molecule is CC(C)c1c(O)nc(-n2ccnc2)nc1-c1cnn(CC(=O)N2CCCC(O)C2)c1. The number of carbonyl (C=O) groups is 1. The van der Waals surface area contributed by atoms with Gasteiger partial charge in [-0.2, -0.15) is 10.1 Å². The Labute approximate surface area is 173 Å². The fourth-order valence-electron chi connectivity index (χ4n) is 3.68. The van der Waals surface area contributed by atoms with Gasteiger partial charge in [0.05, 0.1) is 18.0 Å². The van der Waals surface area contributed by atoms with E-state index in [1.807, 2.05) is 13.8 Å². The molecule has 1 fully saturated rings. The topological polar surface area (TPSA) is 122 Å². The minimum atomic E-state index is -0.463. The van der Waals surface area contributed by atoms with Crippen LogP contribution in [0.25, 0.3) is 17.2 Å². The van der Waals surface area contributed by atoms with E-state index in [4.69, 9.17) is 0 Å². The first-order chi connectivity index (χ1) is 14.4. The number of aromatic hydroxyl groups is 1. The molecule has 3 aromatic rings. The number of aliphatic hydroxyl groups is 1. The molecule has 1 aliphatic rings. The number of hydrogen-bond acceptors (Lipinski definition) is 7. The number of carbonyl (C=O) groups excluding carboxylic acids is 1. The highest BCUT2D eigenvalue weighted by Crippen LogP contribution is 2.33. The quantitative estimate of drug-likeness (QED) is 0.649. The van der Waals surface area contributed by atoms with Gasteiger partial charge in [0.15, 0.2) is 0 Å². The molecule has 1 saturated heterocycles. The summed E-state index contributed by atoms with van der Waals surface area (Å²) in [6, 6.07) is 0. The first-order valence-electron chi connectivity index (χ1n) is 10.00. The first-order valence-corrected chi connectivity index (χ1v) is 10.00. The second-order valence-corrected chi connectivity index (χ2v) is 7.80. The average Bonchev–Trinajstić information content (AvgIpc) is 3.39. The predicted molar refractivity (Wildman–Crippen MR) is 108 cm³/mol. The summed E-state index contributed by atoms with van der Waals surface area (Å²) in [6.07, 6.45) is 9.29. The van der Waals surface area contributed by atoms with Crippen molar-refractivity contribution in [3.63, 3.8) is 0 Å². The van der Waals surface area contributed by atoms with E-state index in [1.54, 1.807) is 45.3 Å². The molecule has 4 heterocycles. The van der Waals surface area contributed by atoms with Gasteiger partial charge in [-0.15, -0.1) is 0 Å². The molecule has 3 aromatic heterocycles. The highest BCUT2D eigenvalue weighted by atomic mass is 16.3. The number of aliphatic hydroxyl groups excluding tert-OH is 1. The van der Waals surface area contributed by atoms with Gasteiger partial charge in [0.2, 0.25) is 17.7 Å². The molecule has 0 saturated carbocycles. The molecule has 0 aliphatic carbocycles. The second-order valence-electron chi connectivity index (χ2n) is 7.80.